The number of unbranched alkanes of at least 4 members (excludes halogenated alkanes) is 10. The standard InChI is InChI=1S/C70H74/c1-9-11-13-15-17-19-21-59-60(22-20-18-16-14-12-10-2)62-34-32-46(56-37-49-25-29-53-41-58(70(6,7)8)42-54-30-26-50(38-56)66(49)68(53)54)44-64(62)63-43-45(31-33-61(59)63)55-35-47-23-27-51-39-57(69(3,4)5)40-52-28-24-48(36-55)65(47)67(51)52/h23-44H,9-22H2,1-8H3. The highest BCUT2D eigenvalue weighted by atomic mass is 14.3. The van der Waals surface area contributed by atoms with Gasteiger partial charge >= 0.3 is 0 Å². The maximum atomic E-state index is 2.57. The summed E-state index contributed by atoms with van der Waals surface area (Å²) in [5.41, 5.74) is 11.4. The van der Waals surface area contributed by atoms with Gasteiger partial charge in [-0.15, -0.1) is 0 Å². The average molecular weight is 915 g/mol. The fraction of sp³-hybridized carbons (Fsp3) is 0.343. The second kappa shape index (κ2) is 18.6. The Labute approximate surface area is 418 Å². The van der Waals surface area contributed by atoms with Crippen LogP contribution in [0.5, 0.6) is 0 Å². The predicted octanol–water partition coefficient (Wildman–Crippen LogP) is 21.5. The van der Waals surface area contributed by atoms with Crippen molar-refractivity contribution in [1.82, 2.24) is 0 Å². The first-order valence-electron chi connectivity index (χ1n) is 27.4. The van der Waals surface area contributed by atoms with Crippen LogP contribution in [0.1, 0.15) is 155 Å². The third-order valence-electron chi connectivity index (χ3n) is 16.4. The van der Waals surface area contributed by atoms with Crippen LogP contribution in [-0.2, 0) is 23.7 Å². The van der Waals surface area contributed by atoms with Crippen LogP contribution < -0.4 is 0 Å². The molecule has 70 heavy (non-hydrogen) atoms. The molecule has 0 saturated heterocycles. The van der Waals surface area contributed by atoms with Crippen molar-refractivity contribution in [2.45, 2.75) is 156 Å². The minimum absolute atomic E-state index is 0.0990. The first-order valence-corrected chi connectivity index (χ1v) is 27.4. The molecule has 0 aromatic heterocycles. The van der Waals surface area contributed by atoms with Crippen LogP contribution in [0, 0.1) is 0 Å². The van der Waals surface area contributed by atoms with Gasteiger partial charge in [-0.1, -0.05) is 217 Å². The highest BCUT2D eigenvalue weighted by molar-refractivity contribution is 6.25. The van der Waals surface area contributed by atoms with Crippen molar-refractivity contribution in [2.24, 2.45) is 0 Å². The van der Waals surface area contributed by atoms with Gasteiger partial charge in [-0.05, 0) is 204 Å². The van der Waals surface area contributed by atoms with Crippen LogP contribution in [0.25, 0.3) is 108 Å². The average Bonchev–Trinajstić information content (AvgIpc) is 3.36. The summed E-state index contributed by atoms with van der Waals surface area (Å²) in [4.78, 5) is 0. The molecule has 0 unspecified atom stereocenters. The van der Waals surface area contributed by atoms with E-state index in [-0.39, 0.29) is 10.8 Å². The van der Waals surface area contributed by atoms with Gasteiger partial charge in [0.05, 0.1) is 0 Å². The maximum absolute atomic E-state index is 2.57. The first kappa shape index (κ1) is 46.4. The lowest BCUT2D eigenvalue weighted by Crippen LogP contribution is -2.10. The molecule has 0 N–H and O–H groups in total. The van der Waals surface area contributed by atoms with Crippen molar-refractivity contribution in [2.75, 3.05) is 0 Å². The molecule has 0 saturated carbocycles. The molecule has 0 bridgehead atoms. The molecule has 11 aromatic carbocycles. The predicted molar refractivity (Wildman–Crippen MR) is 311 cm³/mol. The van der Waals surface area contributed by atoms with Crippen LogP contribution >= 0.6 is 0 Å². The molecule has 0 spiro atoms. The molecule has 0 heterocycles. The smallest absolute Gasteiger partial charge is 0.00264 e. The zero-order chi connectivity index (χ0) is 48.3. The summed E-state index contributed by atoms with van der Waals surface area (Å²) in [6.45, 7) is 18.6. The Morgan fingerprint density at radius 3 is 0.857 bits per heavy atom. The lowest BCUT2D eigenvalue weighted by atomic mass is 9.82. The summed E-state index contributed by atoms with van der Waals surface area (Å²) in [5.74, 6) is 0. The summed E-state index contributed by atoms with van der Waals surface area (Å²) in [6, 6.07) is 53.5. The van der Waals surface area contributed by atoms with Crippen LogP contribution in [0.2, 0.25) is 0 Å². The third kappa shape index (κ3) is 8.58. The lowest BCUT2D eigenvalue weighted by molar-refractivity contribution is 0.591. The number of hydrogen-bond acceptors (Lipinski definition) is 0. The fourth-order valence-corrected chi connectivity index (χ4v) is 12.4. The van der Waals surface area contributed by atoms with E-state index in [0.717, 1.165) is 12.8 Å². The molecule has 0 amide bonds. The fourth-order valence-electron chi connectivity index (χ4n) is 12.4. The van der Waals surface area contributed by atoms with Gasteiger partial charge in [0.15, 0.2) is 0 Å². The van der Waals surface area contributed by atoms with Gasteiger partial charge in [-0.25, -0.2) is 0 Å². The third-order valence-corrected chi connectivity index (χ3v) is 16.4. The van der Waals surface area contributed by atoms with E-state index >= 15 is 0 Å². The summed E-state index contributed by atoms with van der Waals surface area (Å²) >= 11 is 0. The van der Waals surface area contributed by atoms with Gasteiger partial charge < -0.3 is 0 Å². The second-order valence-corrected chi connectivity index (χ2v) is 23.5. The van der Waals surface area contributed by atoms with E-state index in [9.17, 15) is 0 Å². The number of fused-ring (bicyclic) bond motifs is 3. The van der Waals surface area contributed by atoms with Crippen molar-refractivity contribution in [3.05, 3.63) is 156 Å². The largest absolute Gasteiger partial charge is 0.0654 e. The topological polar surface area (TPSA) is 0 Å². The van der Waals surface area contributed by atoms with Crippen LogP contribution in [0.3, 0.4) is 0 Å². The lowest BCUT2D eigenvalue weighted by Gasteiger charge is -2.22. The number of rotatable bonds is 16. The van der Waals surface area contributed by atoms with Gasteiger partial charge in [0.25, 0.3) is 0 Å². The molecule has 0 aliphatic heterocycles. The van der Waals surface area contributed by atoms with Crippen molar-refractivity contribution >= 4 is 86.2 Å². The van der Waals surface area contributed by atoms with Gasteiger partial charge in [0.1, 0.15) is 0 Å². The molecular formula is C70H74. The minimum Gasteiger partial charge on any atom is -0.0654 e. The zero-order valence-corrected chi connectivity index (χ0v) is 43.6. The molecular weight excluding hydrogens is 841 g/mol. The molecule has 0 fully saturated rings. The molecule has 0 aliphatic carbocycles. The van der Waals surface area contributed by atoms with E-state index in [2.05, 4.69) is 189 Å². The van der Waals surface area contributed by atoms with E-state index in [1.807, 2.05) is 0 Å². The molecule has 0 atom stereocenters. The summed E-state index contributed by atoms with van der Waals surface area (Å²) in [6.07, 6.45) is 18.1. The monoisotopic (exact) mass is 915 g/mol. The molecule has 11 aromatic rings. The van der Waals surface area contributed by atoms with Crippen LogP contribution in [0.15, 0.2) is 133 Å². The van der Waals surface area contributed by atoms with Crippen LogP contribution in [0.4, 0.5) is 0 Å². The SMILES string of the molecule is CCCCCCCCc1c(CCCCCCCC)c2ccc(-c3cc4ccc5cc(C(C)(C)C)cc6ccc(c3)c4c56)cc2c2cc(-c3cc4ccc5cc(C(C)(C)C)cc6ccc(c3)c4c56)ccc12. The highest BCUT2D eigenvalue weighted by Crippen LogP contribution is 2.44. The Hall–Kier alpha value is -5.98. The van der Waals surface area contributed by atoms with E-state index in [1.54, 1.807) is 11.1 Å². The van der Waals surface area contributed by atoms with Crippen molar-refractivity contribution < 1.29 is 0 Å². The van der Waals surface area contributed by atoms with Crippen molar-refractivity contribution in [3.8, 4) is 22.3 Å². The van der Waals surface area contributed by atoms with E-state index in [1.165, 1.54) is 197 Å². The maximum Gasteiger partial charge on any atom is -0.00264 e. The van der Waals surface area contributed by atoms with Gasteiger partial charge in [-0.3, -0.25) is 0 Å². The van der Waals surface area contributed by atoms with E-state index in [4.69, 9.17) is 0 Å². The minimum atomic E-state index is 0.0990. The van der Waals surface area contributed by atoms with Gasteiger partial charge in [0, 0.05) is 0 Å². The Bertz CT molecular complexity index is 3310. The van der Waals surface area contributed by atoms with Crippen molar-refractivity contribution in [3.63, 3.8) is 0 Å². The summed E-state index contributed by atoms with van der Waals surface area (Å²) in [7, 11) is 0. The molecule has 11 rings (SSSR count). The second-order valence-electron chi connectivity index (χ2n) is 23.5. The Balaban J connectivity index is 1.08. The molecule has 354 valence electrons. The molecule has 0 aliphatic rings. The van der Waals surface area contributed by atoms with Gasteiger partial charge in [0.2, 0.25) is 0 Å². The Morgan fingerprint density at radius 2 is 0.557 bits per heavy atom. The molecule has 0 heteroatoms. The Morgan fingerprint density at radius 1 is 0.271 bits per heavy atom. The highest BCUT2D eigenvalue weighted by Gasteiger charge is 2.21. The Kier molecular flexibility index (Phi) is 12.4. The van der Waals surface area contributed by atoms with Crippen LogP contribution in [-0.4, -0.2) is 0 Å². The van der Waals surface area contributed by atoms with Crippen molar-refractivity contribution in [1.29, 1.82) is 0 Å². The molecule has 0 nitrogen and oxygen atoms in total. The first-order chi connectivity index (χ1) is 33.9. The summed E-state index contributed by atoms with van der Waals surface area (Å²) in [5, 5.41) is 21.9. The normalized spacial score (nSPS) is 12.8. The summed E-state index contributed by atoms with van der Waals surface area (Å²) < 4.78 is 0. The number of hydrogen-bond donors (Lipinski definition) is 0. The quantitative estimate of drug-likeness (QED) is 0.0669. The molecule has 0 radical (unpaired) electrons. The zero-order valence-electron chi connectivity index (χ0n) is 43.6. The van der Waals surface area contributed by atoms with Gasteiger partial charge in [-0.2, -0.15) is 0 Å². The van der Waals surface area contributed by atoms with E-state index in [0.29, 0.717) is 0 Å². The van der Waals surface area contributed by atoms with E-state index < -0.39 is 0 Å². The number of benzene rings is 11. The number of aryl methyl sites for hydroxylation is 2.